The van der Waals surface area contributed by atoms with E-state index >= 15 is 0 Å². The molecular formula is C24H29N7O. The Morgan fingerprint density at radius 1 is 1.16 bits per heavy atom. The Bertz CT molecular complexity index is 1090. The maximum Gasteiger partial charge on any atom is 0.224 e. The summed E-state index contributed by atoms with van der Waals surface area (Å²) in [4.78, 5) is 29.4. The van der Waals surface area contributed by atoms with Gasteiger partial charge in [-0.05, 0) is 39.0 Å². The zero-order valence-electron chi connectivity index (χ0n) is 18.5. The highest BCUT2D eigenvalue weighted by Crippen LogP contribution is 2.33. The van der Waals surface area contributed by atoms with E-state index < -0.39 is 0 Å². The molecule has 2 N–H and O–H groups in total. The highest BCUT2D eigenvalue weighted by molar-refractivity contribution is 5.79. The standard InChI is InChI=1S/C24H29N7O/c1-16-26-21(30-29-16)12-13-25-24(32)18-9-6-14-31(15-18)23-19-10-5-11-20(19)27-22(28-23)17-7-3-2-4-8-17/h2-4,7-8,18H,5-6,9-15H2,1H3,(H,25,32)(H,26,29,30)/t18-/m1/s1. The summed E-state index contributed by atoms with van der Waals surface area (Å²) in [5.41, 5.74) is 3.48. The summed E-state index contributed by atoms with van der Waals surface area (Å²) < 4.78 is 0. The second kappa shape index (κ2) is 9.06. The number of hydrogen-bond donors (Lipinski definition) is 2. The molecule has 0 saturated carbocycles. The molecule has 1 aliphatic carbocycles. The van der Waals surface area contributed by atoms with Crippen LogP contribution in [0.2, 0.25) is 0 Å². The third-order valence-electron chi connectivity index (χ3n) is 6.33. The van der Waals surface area contributed by atoms with Crippen molar-refractivity contribution < 1.29 is 4.79 Å². The number of benzene rings is 1. The number of H-pyrrole nitrogens is 1. The summed E-state index contributed by atoms with van der Waals surface area (Å²) in [5, 5.41) is 10.1. The zero-order chi connectivity index (χ0) is 21.9. The fourth-order valence-electron chi connectivity index (χ4n) is 4.72. The maximum absolute atomic E-state index is 12.9. The first-order valence-corrected chi connectivity index (χ1v) is 11.5. The van der Waals surface area contributed by atoms with Crippen molar-refractivity contribution in [2.24, 2.45) is 5.92 Å². The van der Waals surface area contributed by atoms with Crippen molar-refractivity contribution in [2.45, 2.75) is 45.4 Å². The molecule has 2 aromatic heterocycles. The van der Waals surface area contributed by atoms with Crippen molar-refractivity contribution in [3.8, 4) is 11.4 Å². The molecule has 166 valence electrons. The maximum atomic E-state index is 12.9. The highest BCUT2D eigenvalue weighted by atomic mass is 16.1. The Hall–Kier alpha value is -3.29. The number of piperidine rings is 1. The van der Waals surface area contributed by atoms with Crippen LogP contribution in [0.1, 0.15) is 42.2 Å². The number of nitrogens with zero attached hydrogens (tertiary/aromatic N) is 5. The van der Waals surface area contributed by atoms with Gasteiger partial charge in [-0.3, -0.25) is 9.89 Å². The molecule has 0 radical (unpaired) electrons. The number of anilines is 1. The second-order valence-electron chi connectivity index (χ2n) is 8.68. The number of carbonyl (C=O) groups is 1. The number of fused-ring (bicyclic) bond motifs is 1. The van der Waals surface area contributed by atoms with E-state index in [4.69, 9.17) is 9.97 Å². The molecule has 1 atom stereocenters. The van der Waals surface area contributed by atoms with E-state index in [0.29, 0.717) is 19.5 Å². The molecule has 0 spiro atoms. The van der Waals surface area contributed by atoms with Gasteiger partial charge in [0.25, 0.3) is 0 Å². The molecule has 1 aromatic carbocycles. The van der Waals surface area contributed by atoms with E-state index in [-0.39, 0.29) is 11.8 Å². The summed E-state index contributed by atoms with van der Waals surface area (Å²) in [6.45, 7) is 4.05. The minimum Gasteiger partial charge on any atom is -0.355 e. The van der Waals surface area contributed by atoms with Crippen LogP contribution < -0.4 is 10.2 Å². The largest absolute Gasteiger partial charge is 0.355 e. The first-order chi connectivity index (χ1) is 15.7. The van der Waals surface area contributed by atoms with Crippen molar-refractivity contribution in [1.29, 1.82) is 0 Å². The summed E-state index contributed by atoms with van der Waals surface area (Å²) in [6.07, 6.45) is 5.66. The van der Waals surface area contributed by atoms with E-state index in [1.165, 1.54) is 11.3 Å². The van der Waals surface area contributed by atoms with E-state index in [1.54, 1.807) is 0 Å². The van der Waals surface area contributed by atoms with E-state index in [0.717, 1.165) is 67.5 Å². The molecule has 1 aliphatic heterocycles. The van der Waals surface area contributed by atoms with Crippen molar-refractivity contribution in [3.05, 3.63) is 53.2 Å². The molecule has 1 fully saturated rings. The Balaban J connectivity index is 1.29. The number of nitrogens with one attached hydrogen (secondary N) is 2. The Kier molecular flexibility index (Phi) is 5.83. The van der Waals surface area contributed by atoms with E-state index in [9.17, 15) is 4.79 Å². The first-order valence-electron chi connectivity index (χ1n) is 11.5. The first kappa shape index (κ1) is 20.6. The molecular weight excluding hydrogens is 402 g/mol. The van der Waals surface area contributed by atoms with Gasteiger partial charge in [0.05, 0.1) is 5.92 Å². The molecule has 3 heterocycles. The van der Waals surface area contributed by atoms with Gasteiger partial charge >= 0.3 is 0 Å². The van der Waals surface area contributed by atoms with Gasteiger partial charge in [-0.1, -0.05) is 30.3 Å². The Labute approximate surface area is 187 Å². The molecule has 5 rings (SSSR count). The predicted octanol–water partition coefficient (Wildman–Crippen LogP) is 2.63. The van der Waals surface area contributed by atoms with Gasteiger partial charge in [0, 0.05) is 42.9 Å². The van der Waals surface area contributed by atoms with Crippen molar-refractivity contribution >= 4 is 11.7 Å². The van der Waals surface area contributed by atoms with Crippen LogP contribution in [0.4, 0.5) is 5.82 Å². The molecule has 8 heteroatoms. The smallest absolute Gasteiger partial charge is 0.224 e. The molecule has 0 unspecified atom stereocenters. The second-order valence-corrected chi connectivity index (χ2v) is 8.68. The van der Waals surface area contributed by atoms with Gasteiger partial charge in [-0.2, -0.15) is 5.10 Å². The third-order valence-corrected chi connectivity index (χ3v) is 6.33. The van der Waals surface area contributed by atoms with Gasteiger partial charge in [0.2, 0.25) is 5.91 Å². The van der Waals surface area contributed by atoms with Crippen LogP contribution in [0.15, 0.2) is 30.3 Å². The number of aryl methyl sites for hydroxylation is 2. The average molecular weight is 432 g/mol. The van der Waals surface area contributed by atoms with Crippen LogP contribution in [0.5, 0.6) is 0 Å². The lowest BCUT2D eigenvalue weighted by atomic mass is 9.96. The third kappa shape index (κ3) is 4.35. The van der Waals surface area contributed by atoms with E-state index in [1.807, 2.05) is 25.1 Å². The van der Waals surface area contributed by atoms with Gasteiger partial charge in [0.15, 0.2) is 11.6 Å². The summed E-state index contributed by atoms with van der Waals surface area (Å²) in [7, 11) is 0. The molecule has 32 heavy (non-hydrogen) atoms. The lowest BCUT2D eigenvalue weighted by Crippen LogP contribution is -2.44. The minimum absolute atomic E-state index is 0.0372. The predicted molar refractivity (Wildman–Crippen MR) is 122 cm³/mol. The highest BCUT2D eigenvalue weighted by Gasteiger charge is 2.30. The summed E-state index contributed by atoms with van der Waals surface area (Å²) >= 11 is 0. The van der Waals surface area contributed by atoms with Crippen LogP contribution in [-0.2, 0) is 24.1 Å². The monoisotopic (exact) mass is 431 g/mol. The Morgan fingerprint density at radius 2 is 2.03 bits per heavy atom. The quantitative estimate of drug-likeness (QED) is 0.622. The van der Waals surface area contributed by atoms with Gasteiger partial charge in [-0.15, -0.1) is 0 Å². The molecule has 2 aliphatic rings. The van der Waals surface area contributed by atoms with Crippen LogP contribution in [0.3, 0.4) is 0 Å². The van der Waals surface area contributed by atoms with Gasteiger partial charge in [0.1, 0.15) is 11.6 Å². The van der Waals surface area contributed by atoms with Crippen LogP contribution in [0, 0.1) is 12.8 Å². The molecule has 8 nitrogen and oxygen atoms in total. The normalized spacial score (nSPS) is 17.9. The topological polar surface area (TPSA) is 99.7 Å². The van der Waals surface area contributed by atoms with Crippen molar-refractivity contribution in [2.75, 3.05) is 24.5 Å². The lowest BCUT2D eigenvalue weighted by Gasteiger charge is -2.34. The van der Waals surface area contributed by atoms with E-state index in [2.05, 4.69) is 37.5 Å². The number of hydrogen-bond acceptors (Lipinski definition) is 6. The number of amides is 1. The number of aromatic amines is 1. The average Bonchev–Trinajstić information content (AvgIpc) is 3.47. The fraction of sp³-hybridized carbons (Fsp3) is 0.458. The SMILES string of the molecule is Cc1nc(CCNC(=O)[C@@H]2CCCN(c3nc(-c4ccccc4)nc4c3CCC4)C2)n[nH]1. The molecule has 1 saturated heterocycles. The molecule has 1 amide bonds. The number of aromatic nitrogens is 5. The molecule has 3 aromatic rings. The van der Waals surface area contributed by atoms with Crippen LogP contribution in [-0.4, -0.2) is 50.7 Å². The lowest BCUT2D eigenvalue weighted by molar-refractivity contribution is -0.125. The van der Waals surface area contributed by atoms with Crippen molar-refractivity contribution in [1.82, 2.24) is 30.5 Å². The Morgan fingerprint density at radius 3 is 2.84 bits per heavy atom. The minimum atomic E-state index is -0.0372. The summed E-state index contributed by atoms with van der Waals surface area (Å²) in [6, 6.07) is 10.2. The van der Waals surface area contributed by atoms with Crippen LogP contribution in [0.25, 0.3) is 11.4 Å². The number of rotatable bonds is 6. The van der Waals surface area contributed by atoms with Crippen LogP contribution >= 0.6 is 0 Å². The fourth-order valence-corrected chi connectivity index (χ4v) is 4.72. The van der Waals surface area contributed by atoms with Gasteiger partial charge < -0.3 is 10.2 Å². The van der Waals surface area contributed by atoms with Crippen molar-refractivity contribution in [3.63, 3.8) is 0 Å². The molecule has 0 bridgehead atoms. The van der Waals surface area contributed by atoms with Gasteiger partial charge in [-0.25, -0.2) is 15.0 Å². The number of carbonyl (C=O) groups excluding carboxylic acids is 1. The summed E-state index contributed by atoms with van der Waals surface area (Å²) in [5.74, 6) is 3.41. The zero-order valence-corrected chi connectivity index (χ0v) is 18.5.